The van der Waals surface area contributed by atoms with Gasteiger partial charge in [-0.15, -0.1) is 0 Å². The maximum atomic E-state index is 14.1. The minimum atomic E-state index is -0.375. The van der Waals surface area contributed by atoms with Gasteiger partial charge in [0, 0.05) is 0 Å². The third-order valence-electron chi connectivity index (χ3n) is 4.33. The van der Waals surface area contributed by atoms with Crippen molar-refractivity contribution in [3.63, 3.8) is 0 Å². The number of rotatable bonds is 3. The molecule has 2 heteroatoms. The highest BCUT2D eigenvalue weighted by atomic mass is 19.1. The summed E-state index contributed by atoms with van der Waals surface area (Å²) in [4.78, 5) is 0. The Hall–Kier alpha value is -2.14. The van der Waals surface area contributed by atoms with Gasteiger partial charge in [0.15, 0.2) is 0 Å². The highest BCUT2D eigenvalue weighted by molar-refractivity contribution is 5.44. The van der Waals surface area contributed by atoms with Gasteiger partial charge in [0.25, 0.3) is 0 Å². The molecule has 0 fully saturated rings. The molecule has 0 heterocycles. The largest absolute Gasteiger partial charge is 0.207 e. The quantitative estimate of drug-likeness (QED) is 0.733. The standard InChI is InChI=1S/C21H24FN/c1-20(2,3)17-11-10-15(16(12-17)14-23)13-21(4,5)18-8-6-7-9-19(18)22/h6-12H,13H2,1-5H3. The van der Waals surface area contributed by atoms with Crippen LogP contribution in [0, 0.1) is 17.1 Å². The van der Waals surface area contributed by atoms with Crippen molar-refractivity contribution in [2.24, 2.45) is 0 Å². The van der Waals surface area contributed by atoms with Crippen LogP contribution in [0.25, 0.3) is 0 Å². The van der Waals surface area contributed by atoms with Gasteiger partial charge in [-0.2, -0.15) is 5.26 Å². The topological polar surface area (TPSA) is 23.8 Å². The van der Waals surface area contributed by atoms with Gasteiger partial charge in [-0.05, 0) is 46.1 Å². The summed E-state index contributed by atoms with van der Waals surface area (Å²) in [6, 6.07) is 15.2. The summed E-state index contributed by atoms with van der Waals surface area (Å²) in [7, 11) is 0. The predicted octanol–water partition coefficient (Wildman–Crippen LogP) is 5.52. The molecule has 2 aromatic carbocycles. The molecule has 0 saturated heterocycles. The van der Waals surface area contributed by atoms with Crippen LogP contribution in [0.4, 0.5) is 4.39 Å². The summed E-state index contributed by atoms with van der Waals surface area (Å²) >= 11 is 0. The molecule has 0 bridgehead atoms. The van der Waals surface area contributed by atoms with Crippen LogP contribution in [-0.4, -0.2) is 0 Å². The smallest absolute Gasteiger partial charge is 0.126 e. The van der Waals surface area contributed by atoms with Gasteiger partial charge in [0.05, 0.1) is 11.6 Å². The monoisotopic (exact) mass is 309 g/mol. The van der Waals surface area contributed by atoms with Crippen LogP contribution in [0.3, 0.4) is 0 Å². The van der Waals surface area contributed by atoms with Crippen LogP contribution < -0.4 is 0 Å². The van der Waals surface area contributed by atoms with Gasteiger partial charge in [-0.1, -0.05) is 65.0 Å². The number of hydrogen-bond acceptors (Lipinski definition) is 1. The van der Waals surface area contributed by atoms with Crippen LogP contribution >= 0.6 is 0 Å². The number of hydrogen-bond donors (Lipinski definition) is 0. The second-order valence-electron chi connectivity index (χ2n) is 7.77. The Morgan fingerprint density at radius 1 is 1.00 bits per heavy atom. The van der Waals surface area contributed by atoms with Crippen molar-refractivity contribution in [1.29, 1.82) is 5.26 Å². The number of nitriles is 1. The Morgan fingerprint density at radius 3 is 2.22 bits per heavy atom. The van der Waals surface area contributed by atoms with Crippen molar-refractivity contribution < 1.29 is 4.39 Å². The Bertz CT molecular complexity index is 745. The Kier molecular flexibility index (Phi) is 4.61. The van der Waals surface area contributed by atoms with Crippen LogP contribution in [0.15, 0.2) is 42.5 Å². The maximum Gasteiger partial charge on any atom is 0.126 e. The first kappa shape index (κ1) is 17.2. The van der Waals surface area contributed by atoms with Gasteiger partial charge < -0.3 is 0 Å². The van der Waals surface area contributed by atoms with Crippen LogP contribution in [0.2, 0.25) is 0 Å². The summed E-state index contributed by atoms with van der Waals surface area (Å²) in [5, 5.41) is 9.51. The van der Waals surface area contributed by atoms with Gasteiger partial charge in [0.1, 0.15) is 5.82 Å². The molecule has 0 saturated carbocycles. The van der Waals surface area contributed by atoms with Crippen LogP contribution in [0.5, 0.6) is 0 Å². The highest BCUT2D eigenvalue weighted by Crippen LogP contribution is 2.32. The van der Waals surface area contributed by atoms with Crippen LogP contribution in [-0.2, 0) is 17.3 Å². The summed E-state index contributed by atoms with van der Waals surface area (Å²) in [5.41, 5.74) is 3.10. The van der Waals surface area contributed by atoms with Crippen molar-refractivity contribution in [2.45, 2.75) is 51.9 Å². The number of benzene rings is 2. The molecule has 0 unspecified atom stereocenters. The van der Waals surface area contributed by atoms with E-state index in [-0.39, 0.29) is 16.6 Å². The predicted molar refractivity (Wildman–Crippen MR) is 93.0 cm³/mol. The van der Waals surface area contributed by atoms with E-state index in [0.717, 1.165) is 11.1 Å². The number of nitrogens with zero attached hydrogens (tertiary/aromatic N) is 1. The summed E-state index contributed by atoms with van der Waals surface area (Å²) in [6.45, 7) is 10.4. The third kappa shape index (κ3) is 3.79. The molecule has 0 atom stereocenters. The molecule has 2 aromatic rings. The summed E-state index contributed by atoms with van der Waals surface area (Å²) < 4.78 is 14.1. The fourth-order valence-electron chi connectivity index (χ4n) is 2.88. The third-order valence-corrected chi connectivity index (χ3v) is 4.33. The molecule has 120 valence electrons. The summed E-state index contributed by atoms with van der Waals surface area (Å²) in [6.07, 6.45) is 0.626. The molecular formula is C21H24FN. The van der Waals surface area contributed by atoms with Gasteiger partial charge >= 0.3 is 0 Å². The van der Waals surface area contributed by atoms with Crippen molar-refractivity contribution in [3.05, 3.63) is 70.5 Å². The zero-order valence-electron chi connectivity index (χ0n) is 14.6. The zero-order chi connectivity index (χ0) is 17.3. The van der Waals surface area contributed by atoms with E-state index in [1.165, 1.54) is 6.07 Å². The minimum Gasteiger partial charge on any atom is -0.207 e. The Morgan fingerprint density at radius 2 is 1.65 bits per heavy atom. The fraction of sp³-hybridized carbons (Fsp3) is 0.381. The second kappa shape index (κ2) is 6.16. The number of halogens is 1. The van der Waals surface area contributed by atoms with Gasteiger partial charge in [0.2, 0.25) is 0 Å². The maximum absolute atomic E-state index is 14.1. The van der Waals surface area contributed by atoms with Crippen molar-refractivity contribution in [3.8, 4) is 6.07 Å². The molecule has 23 heavy (non-hydrogen) atoms. The molecule has 1 nitrogen and oxygen atoms in total. The molecule has 2 rings (SSSR count). The molecule has 0 amide bonds. The van der Waals surface area contributed by atoms with E-state index in [4.69, 9.17) is 0 Å². The molecule has 0 aliphatic rings. The molecule has 0 aliphatic carbocycles. The zero-order valence-corrected chi connectivity index (χ0v) is 14.6. The van der Waals surface area contributed by atoms with E-state index in [1.54, 1.807) is 6.07 Å². The molecule has 0 N–H and O–H groups in total. The Labute approximate surface area is 138 Å². The normalized spacial score (nSPS) is 12.0. The lowest BCUT2D eigenvalue weighted by molar-refractivity contribution is 0.480. The molecule has 0 radical (unpaired) electrons. The van der Waals surface area contributed by atoms with Crippen LogP contribution in [0.1, 0.15) is 56.9 Å². The van der Waals surface area contributed by atoms with E-state index >= 15 is 0 Å². The first-order valence-electron chi connectivity index (χ1n) is 7.94. The lowest BCUT2D eigenvalue weighted by Crippen LogP contribution is -2.23. The fourth-order valence-corrected chi connectivity index (χ4v) is 2.88. The Balaban J connectivity index is 2.40. The molecular weight excluding hydrogens is 285 g/mol. The van der Waals surface area contributed by atoms with Gasteiger partial charge in [-0.25, -0.2) is 4.39 Å². The van der Waals surface area contributed by atoms with E-state index in [1.807, 2.05) is 38.1 Å². The average Bonchev–Trinajstić information content (AvgIpc) is 2.46. The lowest BCUT2D eigenvalue weighted by Gasteiger charge is -2.27. The SMILES string of the molecule is CC(C)(C)c1ccc(CC(C)(C)c2ccccc2F)c(C#N)c1. The highest BCUT2D eigenvalue weighted by Gasteiger charge is 2.26. The molecule has 0 spiro atoms. The van der Waals surface area contributed by atoms with E-state index in [9.17, 15) is 9.65 Å². The minimum absolute atomic E-state index is 0.00514. The van der Waals surface area contributed by atoms with Crippen molar-refractivity contribution in [1.82, 2.24) is 0 Å². The first-order valence-corrected chi connectivity index (χ1v) is 7.94. The lowest BCUT2D eigenvalue weighted by atomic mass is 9.77. The van der Waals surface area contributed by atoms with Gasteiger partial charge in [-0.3, -0.25) is 0 Å². The first-order chi connectivity index (χ1) is 10.6. The average molecular weight is 309 g/mol. The molecule has 0 aromatic heterocycles. The van der Waals surface area contributed by atoms with Crippen molar-refractivity contribution >= 4 is 0 Å². The van der Waals surface area contributed by atoms with Crippen molar-refractivity contribution in [2.75, 3.05) is 0 Å². The van der Waals surface area contributed by atoms with E-state index < -0.39 is 0 Å². The molecule has 0 aliphatic heterocycles. The van der Waals surface area contributed by atoms with E-state index in [2.05, 4.69) is 32.9 Å². The summed E-state index contributed by atoms with van der Waals surface area (Å²) in [5.74, 6) is -0.192. The second-order valence-corrected chi connectivity index (χ2v) is 7.77. The van der Waals surface area contributed by atoms with E-state index in [0.29, 0.717) is 17.5 Å².